The number of ether oxygens (including phenoxy) is 2. The lowest BCUT2D eigenvalue weighted by atomic mass is 9.95. The molecule has 0 aliphatic carbocycles. The van der Waals surface area contributed by atoms with E-state index in [9.17, 15) is 14.9 Å². The number of rotatable bonds is 3. The average Bonchev–Trinajstić information content (AvgIpc) is 2.92. The standard InChI is InChI=1S/C27H23N3O4/c28-17-19-7-1-2-8-20(19)21-9-3-4-10-22(21)26(31)29-13-15-30(16-14-29)27(32)25-18-33-23-11-5-6-12-24(23)34-25/h1-12,25H,13-16,18H2. The van der Waals surface area contributed by atoms with Crippen molar-refractivity contribution in [2.24, 2.45) is 0 Å². The van der Waals surface area contributed by atoms with E-state index in [0.29, 0.717) is 48.8 Å². The number of nitrogens with zero attached hydrogens (tertiary/aromatic N) is 3. The minimum Gasteiger partial charge on any atom is -0.485 e. The van der Waals surface area contributed by atoms with Crippen LogP contribution in [0, 0.1) is 11.3 Å². The van der Waals surface area contributed by atoms with Crippen LogP contribution in [0.5, 0.6) is 11.5 Å². The van der Waals surface area contributed by atoms with Crippen molar-refractivity contribution >= 4 is 11.8 Å². The number of carbonyl (C=O) groups excluding carboxylic acids is 2. The van der Waals surface area contributed by atoms with Gasteiger partial charge in [-0.25, -0.2) is 0 Å². The van der Waals surface area contributed by atoms with Crippen LogP contribution in [0.25, 0.3) is 11.1 Å². The smallest absolute Gasteiger partial charge is 0.267 e. The molecule has 1 atom stereocenters. The summed E-state index contributed by atoms with van der Waals surface area (Å²) in [6, 6.07) is 24.1. The SMILES string of the molecule is N#Cc1ccccc1-c1ccccc1C(=O)N1CCN(C(=O)C2COc3ccccc3O2)CC1. The van der Waals surface area contributed by atoms with Gasteiger partial charge in [-0.2, -0.15) is 5.26 Å². The van der Waals surface area contributed by atoms with Gasteiger partial charge in [0.05, 0.1) is 11.6 Å². The van der Waals surface area contributed by atoms with Crippen LogP contribution >= 0.6 is 0 Å². The monoisotopic (exact) mass is 453 g/mol. The predicted molar refractivity (Wildman–Crippen MR) is 125 cm³/mol. The van der Waals surface area contributed by atoms with Gasteiger partial charge in [-0.15, -0.1) is 0 Å². The molecule has 2 aliphatic heterocycles. The Morgan fingerprint density at radius 3 is 2.18 bits per heavy atom. The van der Waals surface area contributed by atoms with E-state index in [1.54, 1.807) is 28.0 Å². The number of nitriles is 1. The maximum Gasteiger partial charge on any atom is 0.267 e. The molecule has 1 fully saturated rings. The number of amides is 2. The van der Waals surface area contributed by atoms with Crippen LogP contribution in [0.2, 0.25) is 0 Å². The summed E-state index contributed by atoms with van der Waals surface area (Å²) in [5, 5.41) is 9.50. The highest BCUT2D eigenvalue weighted by atomic mass is 16.6. The van der Waals surface area contributed by atoms with Gasteiger partial charge in [0.15, 0.2) is 11.5 Å². The summed E-state index contributed by atoms with van der Waals surface area (Å²) in [6.07, 6.45) is -0.694. The zero-order chi connectivity index (χ0) is 23.5. The lowest BCUT2D eigenvalue weighted by Gasteiger charge is -2.37. The minimum atomic E-state index is -0.694. The molecule has 1 saturated heterocycles. The van der Waals surface area contributed by atoms with Crippen LogP contribution < -0.4 is 9.47 Å². The van der Waals surface area contributed by atoms with Gasteiger partial charge in [0.1, 0.15) is 6.61 Å². The molecule has 34 heavy (non-hydrogen) atoms. The molecule has 5 rings (SSSR count). The molecular weight excluding hydrogens is 430 g/mol. The van der Waals surface area contributed by atoms with Gasteiger partial charge in [0.2, 0.25) is 6.10 Å². The summed E-state index contributed by atoms with van der Waals surface area (Å²) in [5.74, 6) is 0.959. The molecule has 2 amide bonds. The summed E-state index contributed by atoms with van der Waals surface area (Å²) in [7, 11) is 0. The topological polar surface area (TPSA) is 82.9 Å². The van der Waals surface area contributed by atoms with Gasteiger partial charge in [-0.05, 0) is 29.8 Å². The van der Waals surface area contributed by atoms with E-state index in [0.717, 1.165) is 11.1 Å². The Kier molecular flexibility index (Phi) is 5.88. The van der Waals surface area contributed by atoms with Crippen molar-refractivity contribution in [3.63, 3.8) is 0 Å². The number of piperazine rings is 1. The fourth-order valence-electron chi connectivity index (χ4n) is 4.37. The van der Waals surface area contributed by atoms with Crippen LogP contribution in [-0.4, -0.2) is 60.5 Å². The quantitative estimate of drug-likeness (QED) is 0.607. The Morgan fingerprint density at radius 2 is 1.41 bits per heavy atom. The van der Waals surface area contributed by atoms with Crippen molar-refractivity contribution in [2.75, 3.05) is 32.8 Å². The average molecular weight is 453 g/mol. The Morgan fingerprint density at radius 1 is 0.794 bits per heavy atom. The van der Waals surface area contributed by atoms with Crippen molar-refractivity contribution < 1.29 is 19.1 Å². The highest BCUT2D eigenvalue weighted by Crippen LogP contribution is 2.32. The molecule has 3 aromatic carbocycles. The van der Waals surface area contributed by atoms with E-state index < -0.39 is 6.10 Å². The van der Waals surface area contributed by atoms with Gasteiger partial charge >= 0.3 is 0 Å². The fourth-order valence-corrected chi connectivity index (χ4v) is 4.37. The van der Waals surface area contributed by atoms with Crippen LogP contribution in [0.15, 0.2) is 72.8 Å². The fraction of sp³-hybridized carbons (Fsp3) is 0.222. The first-order valence-corrected chi connectivity index (χ1v) is 11.2. The lowest BCUT2D eigenvalue weighted by Crippen LogP contribution is -2.55. The van der Waals surface area contributed by atoms with Gasteiger partial charge in [0, 0.05) is 37.3 Å². The van der Waals surface area contributed by atoms with E-state index in [1.165, 1.54) is 0 Å². The first-order chi connectivity index (χ1) is 16.7. The van der Waals surface area contributed by atoms with E-state index in [2.05, 4.69) is 6.07 Å². The van der Waals surface area contributed by atoms with Crippen LogP contribution in [0.3, 0.4) is 0 Å². The third-order valence-corrected chi connectivity index (χ3v) is 6.16. The van der Waals surface area contributed by atoms with E-state index in [-0.39, 0.29) is 18.4 Å². The normalized spacial score (nSPS) is 17.1. The molecule has 0 radical (unpaired) electrons. The number of hydrogen-bond acceptors (Lipinski definition) is 5. The first kappa shape index (κ1) is 21.5. The van der Waals surface area contributed by atoms with E-state index >= 15 is 0 Å². The summed E-state index contributed by atoms with van der Waals surface area (Å²) < 4.78 is 11.5. The zero-order valence-corrected chi connectivity index (χ0v) is 18.5. The van der Waals surface area contributed by atoms with Gasteiger partial charge in [0.25, 0.3) is 11.8 Å². The lowest BCUT2D eigenvalue weighted by molar-refractivity contribution is -0.142. The van der Waals surface area contributed by atoms with Crippen LogP contribution in [-0.2, 0) is 4.79 Å². The molecule has 1 unspecified atom stereocenters. The molecule has 0 bridgehead atoms. The summed E-state index contributed by atoms with van der Waals surface area (Å²) in [4.78, 5) is 29.9. The predicted octanol–water partition coefficient (Wildman–Crippen LogP) is 3.35. The molecule has 2 heterocycles. The maximum absolute atomic E-state index is 13.4. The molecule has 0 N–H and O–H groups in total. The van der Waals surface area contributed by atoms with Gasteiger partial charge in [-0.3, -0.25) is 9.59 Å². The van der Waals surface area contributed by atoms with Crippen molar-refractivity contribution in [1.82, 2.24) is 9.80 Å². The van der Waals surface area contributed by atoms with Gasteiger partial charge in [-0.1, -0.05) is 48.5 Å². The minimum absolute atomic E-state index is 0.110. The third-order valence-electron chi connectivity index (χ3n) is 6.16. The molecular formula is C27H23N3O4. The Labute approximate surface area is 197 Å². The largest absolute Gasteiger partial charge is 0.485 e. The second kappa shape index (κ2) is 9.28. The summed E-state index contributed by atoms with van der Waals surface area (Å²) in [6.45, 7) is 1.85. The molecule has 2 aliphatic rings. The molecule has 3 aromatic rings. The van der Waals surface area contributed by atoms with Crippen LogP contribution in [0.1, 0.15) is 15.9 Å². The highest BCUT2D eigenvalue weighted by molar-refractivity contribution is 6.01. The summed E-state index contributed by atoms with van der Waals surface area (Å²) in [5.41, 5.74) is 2.53. The molecule has 0 spiro atoms. The van der Waals surface area contributed by atoms with Crippen molar-refractivity contribution in [1.29, 1.82) is 5.26 Å². The summed E-state index contributed by atoms with van der Waals surface area (Å²) >= 11 is 0. The molecule has 0 saturated carbocycles. The maximum atomic E-state index is 13.4. The number of carbonyl (C=O) groups is 2. The number of para-hydroxylation sites is 2. The highest BCUT2D eigenvalue weighted by Gasteiger charge is 2.34. The first-order valence-electron chi connectivity index (χ1n) is 11.2. The molecule has 170 valence electrons. The van der Waals surface area contributed by atoms with Crippen molar-refractivity contribution in [3.05, 3.63) is 83.9 Å². The third kappa shape index (κ3) is 4.06. The Balaban J connectivity index is 1.27. The van der Waals surface area contributed by atoms with E-state index in [1.807, 2.05) is 54.6 Å². The molecule has 0 aromatic heterocycles. The molecule has 7 nitrogen and oxygen atoms in total. The van der Waals surface area contributed by atoms with Crippen molar-refractivity contribution in [3.8, 4) is 28.7 Å². The zero-order valence-electron chi connectivity index (χ0n) is 18.5. The number of benzene rings is 3. The Hall–Kier alpha value is -4.31. The number of fused-ring (bicyclic) bond motifs is 1. The second-order valence-electron chi connectivity index (χ2n) is 8.18. The molecule has 7 heteroatoms. The van der Waals surface area contributed by atoms with Crippen molar-refractivity contribution in [2.45, 2.75) is 6.10 Å². The number of hydrogen-bond donors (Lipinski definition) is 0. The van der Waals surface area contributed by atoms with E-state index in [4.69, 9.17) is 9.47 Å². The second-order valence-corrected chi connectivity index (χ2v) is 8.18. The Bertz CT molecular complexity index is 1270. The van der Waals surface area contributed by atoms with Gasteiger partial charge < -0.3 is 19.3 Å². The van der Waals surface area contributed by atoms with Crippen LogP contribution in [0.4, 0.5) is 0 Å².